The summed E-state index contributed by atoms with van der Waals surface area (Å²) in [5.41, 5.74) is -1.28. The molecule has 4 heterocycles. The quantitative estimate of drug-likeness (QED) is 0.0170. The number of hydrogen-bond acceptors (Lipinski definition) is 21. The molecule has 554 valence electrons. The number of halogens is 1. The summed E-state index contributed by atoms with van der Waals surface area (Å²) >= 11 is 11.5. The molecule has 3 saturated heterocycles. The van der Waals surface area contributed by atoms with Gasteiger partial charge in [-0.25, -0.2) is 9.59 Å². The molecule has 0 radical (unpaired) electrons. The monoisotopic (exact) mass is 1460 g/mol. The highest BCUT2D eigenvalue weighted by Crippen LogP contribution is 2.49. The number of carbonyl (C=O) groups is 10. The molecule has 1 aromatic rings. The molecular weight excluding hydrogens is 1360 g/mol. The Bertz CT molecular complexity index is 3030. The number of ether oxygens (including phenoxy) is 7. The van der Waals surface area contributed by atoms with Crippen molar-refractivity contribution in [1.29, 1.82) is 0 Å². The number of carbonyl (C=O) groups excluding carboxylic acids is 10. The molecule has 0 aromatic heterocycles. The minimum atomic E-state index is -1.90. The Morgan fingerprint density at radius 1 is 0.869 bits per heavy atom. The van der Waals surface area contributed by atoms with Crippen LogP contribution in [0.25, 0.3) is 0 Å². The number of rotatable bonds is 34. The largest absolute Gasteiger partial charge is 0.495 e. The van der Waals surface area contributed by atoms with Crippen LogP contribution in [0.3, 0.4) is 0 Å². The third-order valence-corrected chi connectivity index (χ3v) is 22.3. The molecule has 26 nitrogen and oxygen atoms in total. The normalized spacial score (nSPS) is 25.0. The first-order valence-corrected chi connectivity index (χ1v) is 37.9. The van der Waals surface area contributed by atoms with Crippen molar-refractivity contribution in [3.05, 3.63) is 46.5 Å². The van der Waals surface area contributed by atoms with Crippen LogP contribution in [-0.2, 0) is 78.0 Å². The average molecular weight is 1470 g/mol. The number of allylic oxidation sites excluding steroid dienone is 3. The van der Waals surface area contributed by atoms with Crippen molar-refractivity contribution in [2.45, 2.75) is 195 Å². The number of alkyl carbamates (subject to hydrolysis) is 1. The fraction of sp³-hybridized carbons (Fsp3) is 0.710. The van der Waals surface area contributed by atoms with Crippen LogP contribution in [0.1, 0.15) is 137 Å². The fourth-order valence-electron chi connectivity index (χ4n) is 12.4. The summed E-state index contributed by atoms with van der Waals surface area (Å²) in [5, 5.41) is 22.9. The first kappa shape index (κ1) is 82.3. The Morgan fingerprint density at radius 3 is 2.17 bits per heavy atom. The molecule has 4 fully saturated rings. The summed E-state index contributed by atoms with van der Waals surface area (Å²) in [6.45, 7) is 12.0. The first-order chi connectivity index (χ1) is 47.0. The zero-order chi connectivity index (χ0) is 72.6. The lowest BCUT2D eigenvalue weighted by molar-refractivity contribution is -0.162. The molecule has 1 unspecified atom stereocenters. The number of amides is 9. The summed E-state index contributed by atoms with van der Waals surface area (Å²) in [7, 11) is 5.85. The molecule has 1 aromatic carbocycles. The van der Waals surface area contributed by atoms with Gasteiger partial charge in [0.2, 0.25) is 47.3 Å². The number of imide groups is 1. The van der Waals surface area contributed by atoms with E-state index in [0.717, 1.165) is 21.8 Å². The van der Waals surface area contributed by atoms with Gasteiger partial charge in [-0.15, -0.1) is 11.8 Å². The Hall–Kier alpha value is -5.66. The van der Waals surface area contributed by atoms with Gasteiger partial charge in [-0.3, -0.25) is 48.6 Å². The maximum atomic E-state index is 14.5. The number of benzene rings is 1. The number of methoxy groups -OCH3 is 2. The lowest BCUT2D eigenvalue weighted by Gasteiger charge is -2.42. The number of thioether (sulfide) groups is 3. The van der Waals surface area contributed by atoms with Crippen LogP contribution < -0.4 is 30.9 Å². The number of nitrogens with one attached hydrogen (secondary N) is 4. The van der Waals surface area contributed by atoms with Gasteiger partial charge in [-0.1, -0.05) is 81.9 Å². The molecule has 0 spiro atoms. The van der Waals surface area contributed by atoms with Crippen molar-refractivity contribution < 1.29 is 86.2 Å². The van der Waals surface area contributed by atoms with Crippen molar-refractivity contribution in [3.63, 3.8) is 0 Å². The number of epoxide rings is 1. The SMILES string of the molecule is COc1cc2cc(c1Cl)N(C)C(=O)C[C@H](OC(=O)[C@H](C)N(C)C(=O)CC(C)(C)SC1CC(=O)N(CCOCCOCCNC(=O)CCC(=O)N(CCNC(=O)CCSC)CCNC(=O)CCSC3CCCCCC3)C1=O)[C@]1(C)O[C@H]1[C@H](C)[C@@H]1C[C@@](O)(NC(=O)O1)[C@H](OC)/C=C/C=C(\C)C2. The molecule has 4 bridgehead atoms. The molecule has 30 heteroatoms. The van der Waals surface area contributed by atoms with Gasteiger partial charge >= 0.3 is 12.1 Å². The van der Waals surface area contributed by atoms with Crippen molar-refractivity contribution in [3.8, 4) is 5.75 Å². The Morgan fingerprint density at radius 2 is 1.52 bits per heavy atom. The van der Waals surface area contributed by atoms with Gasteiger partial charge in [0.25, 0.3) is 0 Å². The number of fused-ring (bicyclic) bond motifs is 5. The zero-order valence-electron chi connectivity index (χ0n) is 59.4. The second-order valence-corrected chi connectivity index (χ2v) is 31.3. The average Bonchev–Trinajstić information content (AvgIpc) is 1.57. The predicted molar refractivity (Wildman–Crippen MR) is 380 cm³/mol. The molecule has 1 aliphatic carbocycles. The maximum absolute atomic E-state index is 14.5. The topological polar surface area (TPSA) is 320 Å². The minimum absolute atomic E-state index is 0.00888. The van der Waals surface area contributed by atoms with Gasteiger partial charge in [0.15, 0.2) is 5.72 Å². The summed E-state index contributed by atoms with van der Waals surface area (Å²) in [6, 6.07) is 2.33. The number of nitrogens with zero attached hydrogens (tertiary/aromatic N) is 4. The Labute approximate surface area is 600 Å². The molecule has 4 aliphatic heterocycles. The Balaban J connectivity index is 0.936. The predicted octanol–water partition coefficient (Wildman–Crippen LogP) is 6.13. The number of aliphatic hydroxyl groups is 1. The number of hydrogen-bond donors (Lipinski definition) is 5. The van der Waals surface area contributed by atoms with E-state index in [-0.39, 0.29) is 126 Å². The highest BCUT2D eigenvalue weighted by atomic mass is 35.5. The molecule has 1 saturated carbocycles. The lowest BCUT2D eigenvalue weighted by Crippen LogP contribution is -2.63. The van der Waals surface area contributed by atoms with E-state index in [1.807, 2.05) is 31.0 Å². The number of likely N-dealkylation sites (N-methyl/N-ethyl adjacent to an activating group) is 1. The highest BCUT2D eigenvalue weighted by Gasteiger charge is 2.64. The van der Waals surface area contributed by atoms with E-state index in [1.54, 1.807) is 75.7 Å². The summed E-state index contributed by atoms with van der Waals surface area (Å²) < 4.78 is 40.0. The summed E-state index contributed by atoms with van der Waals surface area (Å²) in [4.78, 5) is 139. The third-order valence-electron chi connectivity index (χ3n) is 18.5. The number of likely N-dealkylation sites (tertiary alicyclic amines) is 1. The van der Waals surface area contributed by atoms with E-state index in [9.17, 15) is 53.1 Å². The fourth-order valence-corrected chi connectivity index (χ4v) is 15.9. The second kappa shape index (κ2) is 39.7. The molecule has 6 rings (SSSR count). The van der Waals surface area contributed by atoms with E-state index in [1.165, 1.54) is 88.3 Å². The number of anilines is 1. The zero-order valence-corrected chi connectivity index (χ0v) is 62.6. The molecule has 9 atom stereocenters. The van der Waals surface area contributed by atoms with E-state index < -0.39 is 99.8 Å². The van der Waals surface area contributed by atoms with Crippen molar-refractivity contribution in [2.24, 2.45) is 5.92 Å². The van der Waals surface area contributed by atoms with Gasteiger partial charge in [-0.05, 0) is 64.0 Å². The van der Waals surface area contributed by atoms with Crippen LogP contribution in [0.15, 0.2) is 35.9 Å². The minimum Gasteiger partial charge on any atom is -0.495 e. The highest BCUT2D eigenvalue weighted by molar-refractivity contribution is 8.02. The van der Waals surface area contributed by atoms with Crippen LogP contribution in [0.2, 0.25) is 5.02 Å². The lowest BCUT2D eigenvalue weighted by atomic mass is 9.83. The molecule has 5 aliphatic rings. The van der Waals surface area contributed by atoms with E-state index in [4.69, 9.17) is 44.8 Å². The van der Waals surface area contributed by atoms with Crippen LogP contribution >= 0.6 is 46.9 Å². The van der Waals surface area contributed by atoms with E-state index >= 15 is 0 Å². The number of esters is 1. The van der Waals surface area contributed by atoms with Crippen molar-refractivity contribution in [1.82, 2.24) is 36.0 Å². The van der Waals surface area contributed by atoms with Gasteiger partial charge in [0, 0.05) is 126 Å². The molecule has 99 heavy (non-hydrogen) atoms. The van der Waals surface area contributed by atoms with Crippen LogP contribution in [0, 0.1) is 5.92 Å². The van der Waals surface area contributed by atoms with Gasteiger partial charge in [0.1, 0.15) is 40.7 Å². The maximum Gasteiger partial charge on any atom is 0.409 e. The van der Waals surface area contributed by atoms with Gasteiger partial charge in [-0.2, -0.15) is 23.5 Å². The van der Waals surface area contributed by atoms with Gasteiger partial charge < -0.3 is 68.9 Å². The van der Waals surface area contributed by atoms with Crippen LogP contribution in [0.5, 0.6) is 5.75 Å². The molecular formula is C69H105ClN8O18S3. The van der Waals surface area contributed by atoms with Crippen molar-refractivity contribution in [2.75, 3.05) is 117 Å². The molecule has 9 amide bonds. The van der Waals surface area contributed by atoms with E-state index in [0.29, 0.717) is 41.7 Å². The summed E-state index contributed by atoms with van der Waals surface area (Å²) in [6.07, 6.45) is 9.92. The Kier molecular flexibility index (Phi) is 33.0. The third kappa shape index (κ3) is 25.1. The van der Waals surface area contributed by atoms with Gasteiger partial charge in [0.05, 0.1) is 63.5 Å². The first-order valence-electron chi connectivity index (χ1n) is 34.2. The van der Waals surface area contributed by atoms with Crippen molar-refractivity contribution >= 4 is 112 Å². The smallest absolute Gasteiger partial charge is 0.409 e. The summed E-state index contributed by atoms with van der Waals surface area (Å²) in [5.74, 6) is -2.33. The standard InChI is InChI=1S/C69H105ClN8O18S3/c1-44-17-16-20-53(91-10)69(89)42-51(94-66(88)74-69)45(2)63-68(6,96-63)54(41-59(83)76(8)49-38-47(37-44)39-50(90-9)62(49)70)95-65(87)46(3)75(7)61(85)43-67(4,5)99-52-40-60(84)78(64(52)86)30-32-93-34-33-92-31-27-73-55(79)21-22-58(82)77(28-25-71-56(80)23-35-97-11)29-26-72-57(81)24-36-98-48-18-14-12-13-15-19-48/h16-17,20,38-39,45-46,48,51-54,63,89H,12-15,18-19,21-37,40-43H2,1-11H3,(H,71,80)(H,72,81)(H,73,79)(H,74,88)/b20-16+,44-17+/t45-,46+,51+,52?,53-,54+,63+,68+,69+/m1/s1. The van der Waals surface area contributed by atoms with Crippen LogP contribution in [-0.4, -0.2) is 248 Å². The van der Waals surface area contributed by atoms with E-state index in [2.05, 4.69) is 21.3 Å². The molecule has 5 N–H and O–H groups in total. The second-order valence-electron chi connectivity index (χ2n) is 26.7. The van der Waals surface area contributed by atoms with Crippen LogP contribution in [0.4, 0.5) is 10.5 Å².